The van der Waals surface area contributed by atoms with E-state index in [4.69, 9.17) is 11.6 Å². The Morgan fingerprint density at radius 2 is 1.76 bits per heavy atom. The van der Waals surface area contributed by atoms with Crippen LogP contribution >= 0.6 is 11.6 Å². The van der Waals surface area contributed by atoms with E-state index in [1.807, 2.05) is 37.3 Å². The number of hydrogen-bond donors (Lipinski definition) is 2. The zero-order valence-corrected chi connectivity index (χ0v) is 14.9. The number of carbonyl (C=O) groups is 2. The Labute approximate surface area is 152 Å². The first-order chi connectivity index (χ1) is 12.0. The molecule has 0 bridgehead atoms. The molecule has 0 fully saturated rings. The second-order valence-electron chi connectivity index (χ2n) is 5.68. The van der Waals surface area contributed by atoms with Crippen molar-refractivity contribution in [3.05, 3.63) is 64.7 Å². The molecule has 0 saturated heterocycles. The van der Waals surface area contributed by atoms with E-state index in [2.05, 4.69) is 15.8 Å². The van der Waals surface area contributed by atoms with Gasteiger partial charge in [-0.15, -0.1) is 0 Å². The topological polar surface area (TPSA) is 70.6 Å². The lowest BCUT2D eigenvalue weighted by molar-refractivity contribution is -0.120. The standard InChI is InChI=1S/C19H20ClN3O2/c1-13(22-23-19(25)12-15-7-4-3-5-8-15)11-18(24)21-17-10-6-9-16(20)14(17)2/h3-10H,11-12H2,1-2H3,(H,21,24)(H,23,25). The monoisotopic (exact) mass is 357 g/mol. The van der Waals surface area contributed by atoms with Gasteiger partial charge in [0.1, 0.15) is 0 Å². The quantitative estimate of drug-likeness (QED) is 0.611. The molecule has 0 spiro atoms. The molecular formula is C19H20ClN3O2. The van der Waals surface area contributed by atoms with Crippen LogP contribution in [0.15, 0.2) is 53.6 Å². The maximum Gasteiger partial charge on any atom is 0.244 e. The van der Waals surface area contributed by atoms with Crippen molar-refractivity contribution < 1.29 is 9.59 Å². The number of halogens is 1. The van der Waals surface area contributed by atoms with Crippen LogP contribution in [0.5, 0.6) is 0 Å². The first-order valence-electron chi connectivity index (χ1n) is 7.86. The van der Waals surface area contributed by atoms with Crippen LogP contribution in [0.25, 0.3) is 0 Å². The third-order valence-electron chi connectivity index (χ3n) is 3.54. The minimum Gasteiger partial charge on any atom is -0.325 e. The van der Waals surface area contributed by atoms with Crippen molar-refractivity contribution in [2.45, 2.75) is 26.7 Å². The van der Waals surface area contributed by atoms with Crippen LogP contribution < -0.4 is 10.7 Å². The lowest BCUT2D eigenvalue weighted by Crippen LogP contribution is -2.23. The lowest BCUT2D eigenvalue weighted by atomic mass is 10.1. The van der Waals surface area contributed by atoms with Crippen LogP contribution in [-0.2, 0) is 16.0 Å². The average Bonchev–Trinajstić information content (AvgIpc) is 2.58. The lowest BCUT2D eigenvalue weighted by Gasteiger charge is -2.09. The SMILES string of the molecule is CC(CC(=O)Nc1cccc(Cl)c1C)=NNC(=O)Cc1ccccc1. The van der Waals surface area contributed by atoms with E-state index in [-0.39, 0.29) is 24.7 Å². The van der Waals surface area contributed by atoms with Crippen LogP contribution in [0.3, 0.4) is 0 Å². The molecule has 2 aromatic carbocycles. The molecule has 130 valence electrons. The summed E-state index contributed by atoms with van der Waals surface area (Å²) in [4.78, 5) is 23.9. The summed E-state index contributed by atoms with van der Waals surface area (Å²) in [6.07, 6.45) is 0.323. The molecule has 0 unspecified atom stereocenters. The summed E-state index contributed by atoms with van der Waals surface area (Å²) in [6, 6.07) is 14.7. The Kier molecular flexibility index (Phi) is 6.71. The number of amides is 2. The molecule has 0 radical (unpaired) electrons. The van der Waals surface area contributed by atoms with Gasteiger partial charge in [0.2, 0.25) is 11.8 Å². The highest BCUT2D eigenvalue weighted by Gasteiger charge is 2.09. The van der Waals surface area contributed by atoms with Gasteiger partial charge in [-0.3, -0.25) is 9.59 Å². The number of nitrogens with one attached hydrogen (secondary N) is 2. The fourth-order valence-corrected chi connectivity index (χ4v) is 2.36. The highest BCUT2D eigenvalue weighted by Crippen LogP contribution is 2.22. The van der Waals surface area contributed by atoms with E-state index in [1.54, 1.807) is 25.1 Å². The molecule has 25 heavy (non-hydrogen) atoms. The maximum atomic E-state index is 12.1. The molecule has 2 amide bonds. The van der Waals surface area contributed by atoms with Gasteiger partial charge in [0, 0.05) is 16.4 Å². The third kappa shape index (κ3) is 6.04. The fraction of sp³-hybridized carbons (Fsp3) is 0.211. The molecular weight excluding hydrogens is 338 g/mol. The number of nitrogens with zero attached hydrogens (tertiary/aromatic N) is 1. The molecule has 2 rings (SSSR count). The highest BCUT2D eigenvalue weighted by molar-refractivity contribution is 6.31. The minimum atomic E-state index is -0.225. The first-order valence-corrected chi connectivity index (χ1v) is 8.24. The van der Waals surface area contributed by atoms with Gasteiger partial charge >= 0.3 is 0 Å². The van der Waals surface area contributed by atoms with Crippen LogP contribution in [0.4, 0.5) is 5.69 Å². The summed E-state index contributed by atoms with van der Waals surface area (Å²) in [5.74, 6) is -0.444. The Hall–Kier alpha value is -2.66. The van der Waals surface area contributed by atoms with E-state index in [9.17, 15) is 9.59 Å². The molecule has 2 N–H and O–H groups in total. The van der Waals surface area contributed by atoms with Crippen LogP contribution in [0.1, 0.15) is 24.5 Å². The van der Waals surface area contributed by atoms with Gasteiger partial charge in [-0.05, 0) is 37.1 Å². The van der Waals surface area contributed by atoms with E-state index in [0.29, 0.717) is 16.4 Å². The number of benzene rings is 2. The van der Waals surface area contributed by atoms with Crippen molar-refractivity contribution in [3.63, 3.8) is 0 Å². The largest absolute Gasteiger partial charge is 0.325 e. The molecule has 0 heterocycles. The van der Waals surface area contributed by atoms with Crippen molar-refractivity contribution in [1.82, 2.24) is 5.43 Å². The Morgan fingerprint density at radius 1 is 1.04 bits per heavy atom. The fourth-order valence-electron chi connectivity index (χ4n) is 2.19. The number of hydrogen-bond acceptors (Lipinski definition) is 3. The summed E-state index contributed by atoms with van der Waals surface area (Å²) >= 11 is 6.03. The van der Waals surface area contributed by atoms with E-state index in [1.165, 1.54) is 0 Å². The van der Waals surface area contributed by atoms with Crippen LogP contribution in [0.2, 0.25) is 5.02 Å². The normalized spacial score (nSPS) is 11.1. The Morgan fingerprint density at radius 3 is 2.48 bits per heavy atom. The Balaban J connectivity index is 1.85. The molecule has 0 saturated carbocycles. The molecule has 0 aliphatic carbocycles. The zero-order valence-electron chi connectivity index (χ0n) is 14.2. The van der Waals surface area contributed by atoms with E-state index in [0.717, 1.165) is 11.1 Å². The van der Waals surface area contributed by atoms with Gasteiger partial charge in [0.25, 0.3) is 0 Å². The summed E-state index contributed by atoms with van der Waals surface area (Å²) in [5, 5.41) is 7.36. The number of hydrazone groups is 1. The molecule has 6 heteroatoms. The van der Waals surface area contributed by atoms with Gasteiger partial charge in [0.15, 0.2) is 0 Å². The third-order valence-corrected chi connectivity index (χ3v) is 3.95. The van der Waals surface area contributed by atoms with Crippen molar-refractivity contribution in [3.8, 4) is 0 Å². The van der Waals surface area contributed by atoms with Crippen LogP contribution in [-0.4, -0.2) is 17.5 Å². The van der Waals surface area contributed by atoms with E-state index < -0.39 is 0 Å². The van der Waals surface area contributed by atoms with Crippen molar-refractivity contribution >= 4 is 34.8 Å². The predicted molar refractivity (Wildman–Crippen MR) is 101 cm³/mol. The van der Waals surface area contributed by atoms with Gasteiger partial charge in [0.05, 0.1) is 12.8 Å². The van der Waals surface area contributed by atoms with Gasteiger partial charge in [-0.2, -0.15) is 5.10 Å². The van der Waals surface area contributed by atoms with Gasteiger partial charge < -0.3 is 5.32 Å². The summed E-state index contributed by atoms with van der Waals surface area (Å²) in [5.41, 5.74) is 5.36. The first kappa shape index (κ1) is 18.7. The van der Waals surface area contributed by atoms with Crippen molar-refractivity contribution in [2.75, 3.05) is 5.32 Å². The zero-order chi connectivity index (χ0) is 18.2. The molecule has 2 aromatic rings. The van der Waals surface area contributed by atoms with Crippen LogP contribution in [0, 0.1) is 6.92 Å². The van der Waals surface area contributed by atoms with E-state index >= 15 is 0 Å². The predicted octanol–water partition coefficient (Wildman–Crippen LogP) is 3.71. The van der Waals surface area contributed by atoms with Crippen molar-refractivity contribution in [1.29, 1.82) is 0 Å². The smallest absolute Gasteiger partial charge is 0.244 e. The number of rotatable bonds is 6. The second kappa shape index (κ2) is 8.99. The second-order valence-corrected chi connectivity index (χ2v) is 6.09. The molecule has 0 aliphatic rings. The van der Waals surface area contributed by atoms with Gasteiger partial charge in [-0.1, -0.05) is 48.0 Å². The number of anilines is 1. The summed E-state index contributed by atoms with van der Waals surface area (Å²) in [7, 11) is 0. The average molecular weight is 358 g/mol. The molecule has 0 atom stereocenters. The minimum absolute atomic E-state index is 0.0809. The highest BCUT2D eigenvalue weighted by atomic mass is 35.5. The number of carbonyl (C=O) groups excluding carboxylic acids is 2. The summed E-state index contributed by atoms with van der Waals surface area (Å²) in [6.45, 7) is 3.52. The van der Waals surface area contributed by atoms with Crippen molar-refractivity contribution in [2.24, 2.45) is 5.10 Å². The maximum absolute atomic E-state index is 12.1. The molecule has 0 aromatic heterocycles. The molecule has 0 aliphatic heterocycles. The summed E-state index contributed by atoms with van der Waals surface area (Å²) < 4.78 is 0. The Bertz CT molecular complexity index is 789. The molecule has 5 nitrogen and oxygen atoms in total. The van der Waals surface area contributed by atoms with Gasteiger partial charge in [-0.25, -0.2) is 5.43 Å².